The van der Waals surface area contributed by atoms with Gasteiger partial charge < -0.3 is 20.5 Å². The van der Waals surface area contributed by atoms with Crippen molar-refractivity contribution in [1.29, 1.82) is 5.26 Å². The number of pyridine rings is 2. The van der Waals surface area contributed by atoms with Gasteiger partial charge in [0.1, 0.15) is 6.07 Å². The summed E-state index contributed by atoms with van der Waals surface area (Å²) in [4.78, 5) is 14.2. The van der Waals surface area contributed by atoms with Gasteiger partial charge in [-0.1, -0.05) is 6.07 Å². The number of nitriles is 1. The number of fused-ring (bicyclic) bond motifs is 1. The Bertz CT molecular complexity index is 1330. The SMILES string of the molecule is Cc1c(Nc2c(C#N)cncc2/C=C/c2ccc(CNCCN(C)C)cn2)ccc2[nH]ccc12. The third-order valence-corrected chi connectivity index (χ3v) is 5.71. The Morgan fingerprint density at radius 2 is 1.97 bits per heavy atom. The monoisotopic (exact) mass is 451 g/mol. The number of likely N-dealkylation sites (N-methyl/N-ethyl adjacent to an activating group) is 1. The Labute approximate surface area is 200 Å². The molecule has 172 valence electrons. The molecular formula is C27H29N7. The van der Waals surface area contributed by atoms with E-state index >= 15 is 0 Å². The molecule has 0 aliphatic heterocycles. The summed E-state index contributed by atoms with van der Waals surface area (Å²) in [6.45, 7) is 4.79. The molecule has 7 nitrogen and oxygen atoms in total. The number of hydrogen-bond donors (Lipinski definition) is 3. The lowest BCUT2D eigenvalue weighted by atomic mass is 10.1. The first-order valence-corrected chi connectivity index (χ1v) is 11.3. The van der Waals surface area contributed by atoms with E-state index in [0.29, 0.717) is 5.56 Å². The fourth-order valence-electron chi connectivity index (χ4n) is 3.73. The number of anilines is 2. The Kier molecular flexibility index (Phi) is 7.33. The zero-order valence-electron chi connectivity index (χ0n) is 19.8. The van der Waals surface area contributed by atoms with Crippen molar-refractivity contribution in [3.05, 3.63) is 83.1 Å². The molecule has 0 atom stereocenters. The van der Waals surface area contributed by atoms with Gasteiger partial charge in [-0.15, -0.1) is 0 Å². The van der Waals surface area contributed by atoms with Crippen molar-refractivity contribution in [2.75, 3.05) is 32.5 Å². The fraction of sp³-hybridized carbons (Fsp3) is 0.222. The normalized spacial score (nSPS) is 11.4. The molecule has 4 rings (SSSR count). The fourth-order valence-corrected chi connectivity index (χ4v) is 3.73. The van der Waals surface area contributed by atoms with Crippen molar-refractivity contribution in [2.45, 2.75) is 13.5 Å². The maximum absolute atomic E-state index is 9.68. The second kappa shape index (κ2) is 10.8. The van der Waals surface area contributed by atoms with Crippen LogP contribution < -0.4 is 10.6 Å². The van der Waals surface area contributed by atoms with Crippen molar-refractivity contribution >= 4 is 34.4 Å². The van der Waals surface area contributed by atoms with E-state index in [-0.39, 0.29) is 0 Å². The van der Waals surface area contributed by atoms with Crippen LogP contribution in [0.4, 0.5) is 11.4 Å². The number of hydrogen-bond acceptors (Lipinski definition) is 6. The standard InChI is InChI=1S/C27H29N7/c1-19-24-10-11-31-26(24)9-8-25(19)33-27-21(17-30-18-22(27)14-28)5-7-23-6-4-20(16-32-23)15-29-12-13-34(2)3/h4-11,16-18,29,31H,12-13,15H2,1-3H3,(H,30,33)/b7-5+. The average molecular weight is 452 g/mol. The van der Waals surface area contributed by atoms with Crippen LogP contribution in [-0.4, -0.2) is 47.0 Å². The zero-order valence-corrected chi connectivity index (χ0v) is 19.8. The summed E-state index contributed by atoms with van der Waals surface area (Å²) < 4.78 is 0. The number of aromatic amines is 1. The van der Waals surface area contributed by atoms with Crippen molar-refractivity contribution < 1.29 is 0 Å². The second-order valence-electron chi connectivity index (χ2n) is 8.47. The van der Waals surface area contributed by atoms with E-state index < -0.39 is 0 Å². The predicted octanol–water partition coefficient (Wildman–Crippen LogP) is 4.70. The minimum atomic E-state index is 0.489. The Morgan fingerprint density at radius 3 is 2.74 bits per heavy atom. The highest BCUT2D eigenvalue weighted by Crippen LogP contribution is 2.31. The zero-order chi connectivity index (χ0) is 23.9. The van der Waals surface area contributed by atoms with Gasteiger partial charge in [-0.25, -0.2) is 0 Å². The molecule has 3 heterocycles. The molecule has 0 fully saturated rings. The Morgan fingerprint density at radius 1 is 1.09 bits per heavy atom. The lowest BCUT2D eigenvalue weighted by Crippen LogP contribution is -2.26. The molecule has 0 saturated carbocycles. The van der Waals surface area contributed by atoms with Gasteiger partial charge in [0.15, 0.2) is 0 Å². The van der Waals surface area contributed by atoms with Crippen LogP contribution in [0.1, 0.15) is 27.9 Å². The van der Waals surface area contributed by atoms with Gasteiger partial charge in [0.2, 0.25) is 0 Å². The van der Waals surface area contributed by atoms with Crippen LogP contribution in [0.25, 0.3) is 23.1 Å². The molecular weight excluding hydrogens is 422 g/mol. The van der Waals surface area contributed by atoms with E-state index in [0.717, 1.165) is 64.3 Å². The van der Waals surface area contributed by atoms with Crippen molar-refractivity contribution in [3.63, 3.8) is 0 Å². The van der Waals surface area contributed by atoms with E-state index in [1.165, 1.54) is 0 Å². The van der Waals surface area contributed by atoms with E-state index in [9.17, 15) is 5.26 Å². The minimum Gasteiger partial charge on any atom is -0.361 e. The largest absolute Gasteiger partial charge is 0.361 e. The number of rotatable bonds is 9. The third kappa shape index (κ3) is 5.49. The van der Waals surface area contributed by atoms with Gasteiger partial charge in [-0.2, -0.15) is 5.26 Å². The Balaban J connectivity index is 1.52. The maximum atomic E-state index is 9.68. The van der Waals surface area contributed by atoms with E-state index in [1.807, 2.05) is 42.7 Å². The second-order valence-corrected chi connectivity index (χ2v) is 8.47. The number of H-pyrrole nitrogens is 1. The summed E-state index contributed by atoms with van der Waals surface area (Å²) in [6.07, 6.45) is 11.0. The molecule has 0 radical (unpaired) electrons. The first-order valence-electron chi connectivity index (χ1n) is 11.3. The number of nitrogens with zero attached hydrogens (tertiary/aromatic N) is 4. The first kappa shape index (κ1) is 23.2. The first-order chi connectivity index (χ1) is 16.5. The topological polar surface area (TPSA) is 92.7 Å². The molecule has 0 unspecified atom stereocenters. The highest BCUT2D eigenvalue weighted by molar-refractivity contribution is 5.90. The summed E-state index contributed by atoms with van der Waals surface area (Å²) in [5, 5.41) is 17.7. The van der Waals surface area contributed by atoms with Crippen LogP contribution in [-0.2, 0) is 6.54 Å². The highest BCUT2D eigenvalue weighted by Gasteiger charge is 2.11. The lowest BCUT2D eigenvalue weighted by molar-refractivity contribution is 0.400. The average Bonchev–Trinajstić information content (AvgIpc) is 3.33. The van der Waals surface area contributed by atoms with Crippen molar-refractivity contribution in [2.24, 2.45) is 0 Å². The maximum Gasteiger partial charge on any atom is 0.103 e. The van der Waals surface area contributed by atoms with Gasteiger partial charge in [0, 0.05) is 66.6 Å². The highest BCUT2D eigenvalue weighted by atomic mass is 15.1. The molecule has 0 amide bonds. The molecule has 3 N–H and O–H groups in total. The van der Waals surface area contributed by atoms with E-state index in [1.54, 1.807) is 12.4 Å². The van der Waals surface area contributed by atoms with Crippen LogP contribution in [0.2, 0.25) is 0 Å². The van der Waals surface area contributed by atoms with Crippen molar-refractivity contribution in [1.82, 2.24) is 25.2 Å². The van der Waals surface area contributed by atoms with Gasteiger partial charge in [0.25, 0.3) is 0 Å². The Hall–Kier alpha value is -3.99. The molecule has 4 aromatic rings. The molecule has 0 aliphatic rings. The summed E-state index contributed by atoms with van der Waals surface area (Å²) in [7, 11) is 4.13. The molecule has 34 heavy (non-hydrogen) atoms. The summed E-state index contributed by atoms with van der Waals surface area (Å²) >= 11 is 0. The van der Waals surface area contributed by atoms with Gasteiger partial charge in [-0.05, 0) is 68.6 Å². The molecule has 0 spiro atoms. The van der Waals surface area contributed by atoms with Crippen LogP contribution >= 0.6 is 0 Å². The number of aromatic nitrogens is 3. The van der Waals surface area contributed by atoms with Gasteiger partial charge >= 0.3 is 0 Å². The molecule has 0 saturated heterocycles. The van der Waals surface area contributed by atoms with E-state index in [4.69, 9.17) is 0 Å². The van der Waals surface area contributed by atoms with Gasteiger partial charge in [0.05, 0.1) is 16.9 Å². The molecule has 0 bridgehead atoms. The van der Waals surface area contributed by atoms with Crippen LogP contribution in [0.15, 0.2) is 55.1 Å². The third-order valence-electron chi connectivity index (χ3n) is 5.71. The van der Waals surface area contributed by atoms with Crippen LogP contribution in [0.3, 0.4) is 0 Å². The predicted molar refractivity (Wildman–Crippen MR) is 139 cm³/mol. The minimum absolute atomic E-state index is 0.489. The van der Waals surface area contributed by atoms with E-state index in [2.05, 4.69) is 69.7 Å². The lowest BCUT2D eigenvalue weighted by Gasteiger charge is -2.14. The van der Waals surface area contributed by atoms with Gasteiger partial charge in [-0.3, -0.25) is 9.97 Å². The molecule has 3 aromatic heterocycles. The molecule has 1 aromatic carbocycles. The quantitative estimate of drug-likeness (QED) is 0.319. The smallest absolute Gasteiger partial charge is 0.103 e. The van der Waals surface area contributed by atoms with Crippen LogP contribution in [0.5, 0.6) is 0 Å². The summed E-state index contributed by atoms with van der Waals surface area (Å²) in [5.74, 6) is 0. The summed E-state index contributed by atoms with van der Waals surface area (Å²) in [6, 6.07) is 12.4. The molecule has 7 heteroatoms. The number of nitrogens with one attached hydrogen (secondary N) is 3. The van der Waals surface area contributed by atoms with Crippen LogP contribution in [0, 0.1) is 18.3 Å². The van der Waals surface area contributed by atoms with Crippen molar-refractivity contribution in [3.8, 4) is 6.07 Å². The summed E-state index contributed by atoms with van der Waals surface area (Å²) in [5.41, 5.74) is 7.18. The number of benzene rings is 1. The number of aryl methyl sites for hydroxylation is 1. The molecule has 0 aliphatic carbocycles.